The third-order valence-electron chi connectivity index (χ3n) is 5.50. The lowest BCUT2D eigenvalue weighted by Crippen LogP contribution is -2.14. The van der Waals surface area contributed by atoms with Crippen LogP contribution in [0.15, 0.2) is 57.9 Å². The summed E-state index contributed by atoms with van der Waals surface area (Å²) in [6, 6.07) is 9.47. The van der Waals surface area contributed by atoms with E-state index < -0.39 is 43.9 Å². The number of anilines is 1. The van der Waals surface area contributed by atoms with E-state index in [1.165, 1.54) is 0 Å². The molecule has 3 aromatic carbocycles. The molecule has 0 bridgehead atoms. The van der Waals surface area contributed by atoms with Crippen molar-refractivity contribution in [2.45, 2.75) is 24.5 Å². The van der Waals surface area contributed by atoms with Crippen LogP contribution in [0.5, 0.6) is 5.75 Å². The topological polar surface area (TPSA) is 105 Å². The molecule has 0 aliphatic heterocycles. The van der Waals surface area contributed by atoms with Crippen molar-refractivity contribution in [1.82, 2.24) is 10.1 Å². The Kier molecular flexibility index (Phi) is 6.67. The SMILES string of the molecule is Cc1ccc(-c2noc(-c3ccc(F)c(O)c3F)n2)cc1NCc1ccc(S(C)(=O)=O)cc1C(F)(F)F. The van der Waals surface area contributed by atoms with E-state index in [1.807, 2.05) is 0 Å². The monoisotopic (exact) mass is 539 g/mol. The molecule has 1 heterocycles. The predicted octanol–water partition coefficient (Wildman–Crippen LogP) is 5.73. The maximum atomic E-state index is 14.2. The van der Waals surface area contributed by atoms with Crippen molar-refractivity contribution in [3.63, 3.8) is 0 Å². The van der Waals surface area contributed by atoms with Crippen molar-refractivity contribution in [2.75, 3.05) is 11.6 Å². The molecule has 0 unspecified atom stereocenters. The Morgan fingerprint density at radius 1 is 1.05 bits per heavy atom. The van der Waals surface area contributed by atoms with Gasteiger partial charge in [-0.15, -0.1) is 0 Å². The molecule has 13 heteroatoms. The van der Waals surface area contributed by atoms with Crippen LogP contribution in [0.1, 0.15) is 16.7 Å². The number of phenols is 1. The van der Waals surface area contributed by atoms with Crippen molar-refractivity contribution in [3.05, 3.63) is 76.9 Å². The van der Waals surface area contributed by atoms with Crippen LogP contribution in [0, 0.1) is 18.6 Å². The molecule has 0 saturated heterocycles. The predicted molar refractivity (Wildman–Crippen MR) is 123 cm³/mol. The summed E-state index contributed by atoms with van der Waals surface area (Å²) in [5.41, 5.74) is -0.0982. The van der Waals surface area contributed by atoms with Crippen LogP contribution in [-0.2, 0) is 22.6 Å². The molecule has 2 N–H and O–H groups in total. The van der Waals surface area contributed by atoms with Crippen molar-refractivity contribution < 1.29 is 40.0 Å². The van der Waals surface area contributed by atoms with E-state index in [9.17, 15) is 35.5 Å². The van der Waals surface area contributed by atoms with Crippen molar-refractivity contribution in [1.29, 1.82) is 0 Å². The molecule has 0 atom stereocenters. The van der Waals surface area contributed by atoms with E-state index >= 15 is 0 Å². The first kappa shape index (κ1) is 26.1. The van der Waals surface area contributed by atoms with E-state index in [-0.39, 0.29) is 29.4 Å². The lowest BCUT2D eigenvalue weighted by molar-refractivity contribution is -0.138. The number of aryl methyl sites for hydroxylation is 1. The highest BCUT2D eigenvalue weighted by atomic mass is 32.2. The number of aromatic nitrogens is 2. The minimum Gasteiger partial charge on any atom is -0.503 e. The number of hydrogen-bond donors (Lipinski definition) is 2. The molecule has 0 spiro atoms. The Bertz CT molecular complexity index is 1600. The van der Waals surface area contributed by atoms with Crippen LogP contribution in [0.2, 0.25) is 0 Å². The quantitative estimate of drug-likeness (QED) is 0.302. The maximum absolute atomic E-state index is 14.2. The van der Waals surface area contributed by atoms with Crippen LogP contribution in [0.25, 0.3) is 22.8 Å². The van der Waals surface area contributed by atoms with Crippen LogP contribution in [0.4, 0.5) is 27.6 Å². The largest absolute Gasteiger partial charge is 0.503 e. The fraction of sp³-hybridized carbons (Fsp3) is 0.167. The molecule has 0 radical (unpaired) electrons. The smallest absolute Gasteiger partial charge is 0.416 e. The van der Waals surface area contributed by atoms with Crippen LogP contribution < -0.4 is 5.32 Å². The highest BCUT2D eigenvalue weighted by molar-refractivity contribution is 7.90. The number of nitrogens with one attached hydrogen (secondary N) is 1. The van der Waals surface area contributed by atoms with Gasteiger partial charge in [0.1, 0.15) is 0 Å². The summed E-state index contributed by atoms with van der Waals surface area (Å²) in [5, 5.41) is 16.1. The van der Waals surface area contributed by atoms with Gasteiger partial charge in [0, 0.05) is 24.1 Å². The van der Waals surface area contributed by atoms with Gasteiger partial charge in [0.05, 0.1) is 16.0 Å². The highest BCUT2D eigenvalue weighted by Gasteiger charge is 2.34. The molecule has 37 heavy (non-hydrogen) atoms. The molecule has 0 aliphatic rings. The highest BCUT2D eigenvalue weighted by Crippen LogP contribution is 2.35. The second-order valence-corrected chi connectivity index (χ2v) is 10.2. The van der Waals surface area contributed by atoms with Crippen molar-refractivity contribution in [3.8, 4) is 28.6 Å². The zero-order valence-electron chi connectivity index (χ0n) is 19.2. The summed E-state index contributed by atoms with van der Waals surface area (Å²) in [6.07, 6.45) is -3.95. The number of phenolic OH excluding ortho intramolecular Hbond substituents is 1. The van der Waals surface area contributed by atoms with Gasteiger partial charge in [-0.1, -0.05) is 23.4 Å². The number of rotatable bonds is 6. The summed E-state index contributed by atoms with van der Waals surface area (Å²) in [7, 11) is -3.84. The van der Waals surface area contributed by atoms with E-state index in [0.29, 0.717) is 22.9 Å². The number of halogens is 5. The van der Waals surface area contributed by atoms with Gasteiger partial charge in [-0.25, -0.2) is 17.2 Å². The average molecular weight is 539 g/mol. The minimum absolute atomic E-state index is 0.00903. The van der Waals surface area contributed by atoms with Crippen LogP contribution in [-0.4, -0.2) is 29.9 Å². The Balaban J connectivity index is 1.62. The van der Waals surface area contributed by atoms with Crippen molar-refractivity contribution in [2.24, 2.45) is 0 Å². The number of alkyl halides is 3. The fourth-order valence-corrected chi connectivity index (χ4v) is 4.15. The summed E-state index contributed by atoms with van der Waals surface area (Å²) >= 11 is 0. The first-order valence-electron chi connectivity index (χ1n) is 10.5. The molecular weight excluding hydrogens is 521 g/mol. The zero-order chi connectivity index (χ0) is 27.1. The molecule has 7 nitrogen and oxygen atoms in total. The van der Waals surface area contributed by atoms with Gasteiger partial charge in [-0.2, -0.15) is 18.2 Å². The second kappa shape index (κ2) is 9.47. The van der Waals surface area contributed by atoms with Gasteiger partial charge in [-0.05, 0) is 48.4 Å². The minimum atomic E-state index is -4.78. The summed E-state index contributed by atoms with van der Waals surface area (Å²) in [5.74, 6) is -3.94. The van der Waals surface area contributed by atoms with Gasteiger partial charge in [-0.3, -0.25) is 0 Å². The first-order chi connectivity index (χ1) is 17.3. The molecule has 4 rings (SSSR count). The van der Waals surface area contributed by atoms with Gasteiger partial charge in [0.2, 0.25) is 5.82 Å². The normalized spacial score (nSPS) is 12.1. The number of nitrogens with zero attached hydrogens (tertiary/aromatic N) is 2. The third kappa shape index (κ3) is 5.40. The van der Waals surface area contributed by atoms with E-state index in [2.05, 4.69) is 15.5 Å². The fourth-order valence-electron chi connectivity index (χ4n) is 3.50. The second-order valence-electron chi connectivity index (χ2n) is 8.15. The number of sulfone groups is 1. The number of aromatic hydroxyl groups is 1. The molecule has 0 aliphatic carbocycles. The summed E-state index contributed by atoms with van der Waals surface area (Å²) in [4.78, 5) is 3.62. The van der Waals surface area contributed by atoms with Gasteiger partial charge >= 0.3 is 6.18 Å². The Morgan fingerprint density at radius 2 is 1.78 bits per heavy atom. The van der Waals surface area contributed by atoms with E-state index in [4.69, 9.17) is 4.52 Å². The average Bonchev–Trinajstić information content (AvgIpc) is 3.31. The summed E-state index contributed by atoms with van der Waals surface area (Å²) in [6.45, 7) is 1.43. The van der Waals surface area contributed by atoms with E-state index in [1.54, 1.807) is 25.1 Å². The number of hydrogen-bond acceptors (Lipinski definition) is 7. The maximum Gasteiger partial charge on any atom is 0.416 e. The molecular formula is C24H18F5N3O4S. The van der Waals surface area contributed by atoms with Crippen molar-refractivity contribution >= 4 is 15.5 Å². The molecule has 0 amide bonds. The zero-order valence-corrected chi connectivity index (χ0v) is 20.0. The Hall–Kier alpha value is -4.00. The van der Waals surface area contributed by atoms with E-state index in [0.717, 1.165) is 30.5 Å². The molecule has 0 saturated carbocycles. The van der Waals surface area contributed by atoms with Gasteiger partial charge < -0.3 is 14.9 Å². The van der Waals surface area contributed by atoms with Gasteiger partial charge in [0.15, 0.2) is 27.2 Å². The Labute approximate surface area is 207 Å². The van der Waals surface area contributed by atoms with Gasteiger partial charge in [0.25, 0.3) is 5.89 Å². The third-order valence-corrected chi connectivity index (χ3v) is 6.61. The molecule has 0 fully saturated rings. The molecule has 1 aromatic heterocycles. The first-order valence-corrected chi connectivity index (χ1v) is 12.4. The van der Waals surface area contributed by atoms with Crippen LogP contribution >= 0.6 is 0 Å². The standard InChI is InChI=1S/C24H18F5N3O4S/c1-12-3-4-13(22-31-23(36-32-22)16-7-8-18(25)21(33)20(16)26)9-19(12)30-11-14-5-6-15(37(2,34)35)10-17(14)24(27,28)29/h3-10,30,33H,11H2,1-2H3. The Morgan fingerprint density at radius 3 is 2.46 bits per heavy atom. The van der Waals surface area contributed by atoms with Crippen LogP contribution in [0.3, 0.4) is 0 Å². The lowest BCUT2D eigenvalue weighted by atomic mass is 10.1. The molecule has 194 valence electrons. The number of benzene rings is 3. The summed E-state index contributed by atoms with van der Waals surface area (Å²) < 4.78 is 96.8. The molecule has 4 aromatic rings. The lowest BCUT2D eigenvalue weighted by Gasteiger charge is -2.16.